The molecule has 0 unspecified atom stereocenters. The Labute approximate surface area is 69.0 Å². The van der Waals surface area contributed by atoms with Gasteiger partial charge in [0.15, 0.2) is 11.6 Å². The van der Waals surface area contributed by atoms with Crippen molar-refractivity contribution in [3.05, 3.63) is 29.8 Å². The lowest BCUT2D eigenvalue weighted by molar-refractivity contribution is 0.299. The second kappa shape index (κ2) is 2.73. The Hall–Kier alpha value is -1.12. The van der Waals surface area contributed by atoms with Crippen LogP contribution in [0.3, 0.4) is 0 Å². The fraction of sp³-hybridized carbons (Fsp3) is 0.333. The van der Waals surface area contributed by atoms with Crippen LogP contribution in [-0.4, -0.2) is 6.10 Å². The summed E-state index contributed by atoms with van der Waals surface area (Å²) in [4.78, 5) is 0. The quantitative estimate of drug-likeness (QED) is 0.660. The molecule has 1 aromatic rings. The van der Waals surface area contributed by atoms with Crippen LogP contribution in [-0.2, 0) is 0 Å². The average Bonchev–Trinajstić information content (AvgIpc) is 2.81. The molecule has 0 amide bonds. The van der Waals surface area contributed by atoms with Gasteiger partial charge in [-0.3, -0.25) is 0 Å². The predicted molar refractivity (Wildman–Crippen MR) is 38.8 cm³/mol. The van der Waals surface area contributed by atoms with Gasteiger partial charge in [-0.2, -0.15) is 0 Å². The number of rotatable bonds is 2. The summed E-state index contributed by atoms with van der Waals surface area (Å²) in [7, 11) is 0. The van der Waals surface area contributed by atoms with Crippen LogP contribution in [0, 0.1) is 17.7 Å². The van der Waals surface area contributed by atoms with Gasteiger partial charge in [0, 0.05) is 12.1 Å². The summed E-state index contributed by atoms with van der Waals surface area (Å²) in [6.07, 6.45) is 2.17. The average molecular weight is 169 g/mol. The Morgan fingerprint density at radius 2 is 2.08 bits per heavy atom. The largest absolute Gasteiger partial charge is 0.490 e. The molecule has 0 heterocycles. The molecule has 1 fully saturated rings. The van der Waals surface area contributed by atoms with Gasteiger partial charge in [-0.25, -0.2) is 8.78 Å². The van der Waals surface area contributed by atoms with Gasteiger partial charge in [-0.15, -0.1) is 0 Å². The first-order chi connectivity index (χ1) is 5.75. The zero-order valence-electron chi connectivity index (χ0n) is 6.31. The Balaban J connectivity index is 2.15. The lowest BCUT2D eigenvalue weighted by Crippen LogP contribution is -1.97. The molecular formula is C9H7F2O. The second-order valence-corrected chi connectivity index (χ2v) is 2.81. The van der Waals surface area contributed by atoms with Crippen molar-refractivity contribution in [3.63, 3.8) is 0 Å². The first-order valence-electron chi connectivity index (χ1n) is 3.79. The van der Waals surface area contributed by atoms with E-state index in [0.29, 0.717) is 0 Å². The van der Waals surface area contributed by atoms with Gasteiger partial charge in [0.2, 0.25) is 0 Å². The van der Waals surface area contributed by atoms with Crippen LogP contribution in [0.4, 0.5) is 8.78 Å². The lowest BCUT2D eigenvalue weighted by atomic mass is 10.3. The molecule has 0 bridgehead atoms. The standard InChI is InChI=1S/C9H7F2O/c10-8-4-3-7(5-9(8)11)12-6-1-2-6/h4-6H,1-2H2. The molecule has 0 atom stereocenters. The van der Waals surface area contributed by atoms with Gasteiger partial charge in [-0.05, 0) is 18.9 Å². The minimum atomic E-state index is -0.891. The number of hydrogen-bond donors (Lipinski definition) is 0. The van der Waals surface area contributed by atoms with Crippen LogP contribution in [0.1, 0.15) is 12.8 Å². The van der Waals surface area contributed by atoms with E-state index in [-0.39, 0.29) is 11.9 Å². The first kappa shape index (κ1) is 7.53. The summed E-state index contributed by atoms with van der Waals surface area (Å²) in [5.74, 6) is -1.49. The molecule has 1 nitrogen and oxygen atoms in total. The number of ether oxygens (including phenoxy) is 1. The fourth-order valence-corrected chi connectivity index (χ4v) is 0.863. The van der Waals surface area contributed by atoms with E-state index in [1.165, 1.54) is 0 Å². The van der Waals surface area contributed by atoms with Crippen molar-refractivity contribution >= 4 is 0 Å². The Morgan fingerprint density at radius 1 is 1.33 bits per heavy atom. The van der Waals surface area contributed by atoms with E-state index >= 15 is 0 Å². The molecule has 0 aromatic heterocycles. The van der Waals surface area contributed by atoms with Crippen LogP contribution in [0.15, 0.2) is 12.1 Å². The smallest absolute Gasteiger partial charge is 0.162 e. The zero-order valence-corrected chi connectivity index (χ0v) is 6.31. The van der Waals surface area contributed by atoms with Crippen LogP contribution in [0.2, 0.25) is 0 Å². The molecule has 63 valence electrons. The molecule has 0 spiro atoms. The van der Waals surface area contributed by atoms with Gasteiger partial charge in [-0.1, -0.05) is 0 Å². The molecule has 1 aliphatic rings. The van der Waals surface area contributed by atoms with Gasteiger partial charge >= 0.3 is 0 Å². The number of benzene rings is 1. The van der Waals surface area contributed by atoms with Crippen LogP contribution >= 0.6 is 0 Å². The predicted octanol–water partition coefficient (Wildman–Crippen LogP) is 2.31. The minimum absolute atomic E-state index is 0.186. The van der Waals surface area contributed by atoms with Gasteiger partial charge < -0.3 is 4.74 Å². The van der Waals surface area contributed by atoms with Crippen molar-refractivity contribution in [1.29, 1.82) is 0 Å². The second-order valence-electron chi connectivity index (χ2n) is 2.81. The topological polar surface area (TPSA) is 9.23 Å². The monoisotopic (exact) mass is 169 g/mol. The highest BCUT2D eigenvalue weighted by atomic mass is 19.2. The van der Waals surface area contributed by atoms with E-state index in [9.17, 15) is 8.78 Å². The summed E-state index contributed by atoms with van der Waals surface area (Å²) in [6, 6.07) is 4.48. The molecule has 2 rings (SSSR count). The fourth-order valence-electron chi connectivity index (χ4n) is 0.863. The summed E-state index contributed by atoms with van der Waals surface area (Å²) in [6.45, 7) is 0. The Kier molecular flexibility index (Phi) is 1.71. The van der Waals surface area contributed by atoms with Crippen molar-refractivity contribution in [1.82, 2.24) is 0 Å². The van der Waals surface area contributed by atoms with E-state index in [1.807, 2.05) is 0 Å². The molecule has 1 aliphatic carbocycles. The Bertz CT molecular complexity index is 295. The SMILES string of the molecule is Fc1c[c]c(OC2CC2)cc1F. The van der Waals surface area contributed by atoms with Crippen molar-refractivity contribution in [3.8, 4) is 5.75 Å². The van der Waals surface area contributed by atoms with Crippen LogP contribution < -0.4 is 4.74 Å². The van der Waals surface area contributed by atoms with Crippen molar-refractivity contribution in [2.75, 3.05) is 0 Å². The number of halogens is 2. The minimum Gasteiger partial charge on any atom is -0.490 e. The molecule has 12 heavy (non-hydrogen) atoms. The van der Waals surface area contributed by atoms with Crippen LogP contribution in [0.5, 0.6) is 5.75 Å². The molecule has 0 aliphatic heterocycles. The molecule has 0 N–H and O–H groups in total. The van der Waals surface area contributed by atoms with E-state index < -0.39 is 11.6 Å². The maximum absolute atomic E-state index is 12.6. The summed E-state index contributed by atoms with van der Waals surface area (Å²) in [5.41, 5.74) is 0. The Morgan fingerprint density at radius 3 is 2.67 bits per heavy atom. The van der Waals surface area contributed by atoms with Crippen molar-refractivity contribution in [2.24, 2.45) is 0 Å². The maximum atomic E-state index is 12.6. The highest BCUT2D eigenvalue weighted by Crippen LogP contribution is 2.26. The third-order valence-electron chi connectivity index (χ3n) is 1.65. The molecular weight excluding hydrogens is 162 g/mol. The maximum Gasteiger partial charge on any atom is 0.162 e. The van der Waals surface area contributed by atoms with E-state index in [1.54, 1.807) is 0 Å². The molecule has 1 aromatic carbocycles. The summed E-state index contributed by atoms with van der Waals surface area (Å²) < 4.78 is 30.2. The number of hydrogen-bond acceptors (Lipinski definition) is 1. The lowest BCUT2D eigenvalue weighted by Gasteiger charge is -2.02. The third-order valence-corrected chi connectivity index (χ3v) is 1.65. The molecule has 3 heteroatoms. The molecule has 0 saturated heterocycles. The van der Waals surface area contributed by atoms with Gasteiger partial charge in [0.25, 0.3) is 0 Å². The highest BCUT2D eigenvalue weighted by molar-refractivity contribution is 5.22. The third kappa shape index (κ3) is 1.55. The summed E-state index contributed by atoms with van der Waals surface area (Å²) >= 11 is 0. The van der Waals surface area contributed by atoms with E-state index in [2.05, 4.69) is 6.07 Å². The van der Waals surface area contributed by atoms with Gasteiger partial charge in [0.1, 0.15) is 5.75 Å². The zero-order chi connectivity index (χ0) is 8.55. The van der Waals surface area contributed by atoms with Gasteiger partial charge in [0.05, 0.1) is 6.10 Å². The van der Waals surface area contributed by atoms with Crippen LogP contribution in [0.25, 0.3) is 0 Å². The normalized spacial score (nSPS) is 16.2. The van der Waals surface area contributed by atoms with Crippen molar-refractivity contribution < 1.29 is 13.5 Å². The first-order valence-corrected chi connectivity index (χ1v) is 3.79. The van der Waals surface area contributed by atoms with Crippen molar-refractivity contribution in [2.45, 2.75) is 18.9 Å². The molecule has 1 radical (unpaired) electrons. The summed E-state index contributed by atoms with van der Waals surface area (Å²) in [5, 5.41) is 0. The van der Waals surface area contributed by atoms with E-state index in [0.717, 1.165) is 25.0 Å². The highest BCUT2D eigenvalue weighted by Gasteiger charge is 2.23. The molecule has 1 saturated carbocycles. The van der Waals surface area contributed by atoms with E-state index in [4.69, 9.17) is 4.74 Å².